The van der Waals surface area contributed by atoms with E-state index < -0.39 is 12.1 Å². The van der Waals surface area contributed by atoms with E-state index in [0.29, 0.717) is 24.7 Å². The van der Waals surface area contributed by atoms with E-state index in [1.165, 1.54) is 0 Å². The van der Waals surface area contributed by atoms with Gasteiger partial charge in [-0.3, -0.25) is 0 Å². The Morgan fingerprint density at radius 2 is 2.00 bits per heavy atom. The number of hydrogen-bond donors (Lipinski definition) is 1. The van der Waals surface area contributed by atoms with Gasteiger partial charge in [-0.25, -0.2) is 4.79 Å². The highest BCUT2D eigenvalue weighted by molar-refractivity contribution is 5.74. The van der Waals surface area contributed by atoms with Crippen molar-refractivity contribution in [2.45, 2.75) is 38.5 Å². The Bertz CT molecular complexity index is 739. The first-order chi connectivity index (χ1) is 11.9. The molecule has 2 aromatic rings. The van der Waals surface area contributed by atoms with Crippen molar-refractivity contribution < 1.29 is 22.5 Å². The van der Waals surface area contributed by atoms with Crippen molar-refractivity contribution in [2.75, 3.05) is 6.54 Å². The Labute approximate surface area is 142 Å². The number of alkyl halides is 3. The van der Waals surface area contributed by atoms with Crippen molar-refractivity contribution in [1.29, 1.82) is 0 Å². The van der Waals surface area contributed by atoms with Crippen molar-refractivity contribution >= 4 is 6.03 Å². The summed E-state index contributed by atoms with van der Waals surface area (Å²) in [5.41, 5.74) is 1.23. The second-order valence-electron chi connectivity index (χ2n) is 5.79. The van der Waals surface area contributed by atoms with E-state index in [1.54, 1.807) is 29.2 Å². The minimum Gasteiger partial charge on any atom is -0.334 e. The van der Waals surface area contributed by atoms with Gasteiger partial charge < -0.3 is 14.7 Å². The van der Waals surface area contributed by atoms with Crippen LogP contribution in [0.3, 0.4) is 0 Å². The second kappa shape index (κ2) is 6.73. The van der Waals surface area contributed by atoms with Crippen LogP contribution in [-0.2, 0) is 12.7 Å². The minimum absolute atomic E-state index is 0.109. The summed E-state index contributed by atoms with van der Waals surface area (Å²) in [5.74, 6) is -1.51. The topological polar surface area (TPSA) is 71.3 Å². The van der Waals surface area contributed by atoms with Crippen molar-refractivity contribution in [1.82, 2.24) is 20.4 Å². The SMILES string of the molecule is CCN(C(=O)NCc1ccc(-c2noc(C(F)(F)F)n2)cc1)C1CC1. The molecule has 0 radical (unpaired) electrons. The maximum atomic E-state index is 12.5. The number of halogens is 3. The Kier molecular flexibility index (Phi) is 4.65. The van der Waals surface area contributed by atoms with E-state index in [9.17, 15) is 18.0 Å². The van der Waals surface area contributed by atoms with Gasteiger partial charge in [0.2, 0.25) is 5.82 Å². The molecule has 1 aliphatic rings. The van der Waals surface area contributed by atoms with Gasteiger partial charge in [0.05, 0.1) is 0 Å². The standard InChI is InChI=1S/C16H17F3N4O2/c1-2-23(12-7-8-12)15(24)20-9-10-3-5-11(6-4-10)13-21-14(25-22-13)16(17,18)19/h3-6,12H,2,7-9H2,1H3,(H,20,24). The molecule has 0 unspecified atom stereocenters. The summed E-state index contributed by atoms with van der Waals surface area (Å²) in [5, 5.41) is 6.18. The third-order valence-electron chi connectivity index (χ3n) is 3.91. The summed E-state index contributed by atoms with van der Waals surface area (Å²) < 4.78 is 41.6. The highest BCUT2D eigenvalue weighted by atomic mass is 19.4. The van der Waals surface area contributed by atoms with Crippen LogP contribution in [0.4, 0.5) is 18.0 Å². The molecule has 0 bridgehead atoms. The summed E-state index contributed by atoms with van der Waals surface area (Å²) in [6.07, 6.45) is -2.58. The number of nitrogens with zero attached hydrogens (tertiary/aromatic N) is 3. The molecule has 9 heteroatoms. The fourth-order valence-electron chi connectivity index (χ4n) is 2.46. The normalized spacial score (nSPS) is 14.4. The van der Waals surface area contributed by atoms with E-state index >= 15 is 0 Å². The monoisotopic (exact) mass is 354 g/mol. The van der Waals surface area contributed by atoms with Gasteiger partial charge >= 0.3 is 18.1 Å². The lowest BCUT2D eigenvalue weighted by Crippen LogP contribution is -2.40. The van der Waals surface area contributed by atoms with Gasteiger partial charge in [-0.2, -0.15) is 18.2 Å². The molecular weight excluding hydrogens is 337 g/mol. The lowest BCUT2D eigenvalue weighted by molar-refractivity contribution is -0.159. The fourth-order valence-corrected chi connectivity index (χ4v) is 2.46. The molecule has 1 heterocycles. The number of nitrogens with one attached hydrogen (secondary N) is 1. The molecule has 0 saturated heterocycles. The Balaban J connectivity index is 1.60. The number of aromatic nitrogens is 2. The molecule has 0 spiro atoms. The number of hydrogen-bond acceptors (Lipinski definition) is 4. The molecule has 1 N–H and O–H groups in total. The fraction of sp³-hybridized carbons (Fsp3) is 0.438. The van der Waals surface area contributed by atoms with E-state index in [2.05, 4.69) is 20.0 Å². The van der Waals surface area contributed by atoms with Crippen LogP contribution in [0.2, 0.25) is 0 Å². The lowest BCUT2D eigenvalue weighted by Gasteiger charge is -2.20. The van der Waals surface area contributed by atoms with Crippen molar-refractivity contribution in [3.63, 3.8) is 0 Å². The third kappa shape index (κ3) is 4.09. The number of rotatable bonds is 5. The lowest BCUT2D eigenvalue weighted by atomic mass is 10.1. The van der Waals surface area contributed by atoms with Crippen LogP contribution < -0.4 is 5.32 Å². The number of carbonyl (C=O) groups excluding carboxylic acids is 1. The zero-order chi connectivity index (χ0) is 18.0. The molecule has 25 heavy (non-hydrogen) atoms. The average Bonchev–Trinajstić information content (AvgIpc) is 3.27. The number of benzene rings is 1. The van der Waals surface area contributed by atoms with E-state index in [4.69, 9.17) is 0 Å². The van der Waals surface area contributed by atoms with E-state index in [-0.39, 0.29) is 11.9 Å². The molecule has 1 fully saturated rings. The van der Waals surface area contributed by atoms with Crippen LogP contribution in [-0.4, -0.2) is 33.7 Å². The third-order valence-corrected chi connectivity index (χ3v) is 3.91. The molecular formula is C16H17F3N4O2. The first-order valence-electron chi connectivity index (χ1n) is 7.93. The predicted octanol–water partition coefficient (Wildman–Crippen LogP) is 3.45. The van der Waals surface area contributed by atoms with Crippen molar-refractivity contribution in [3.8, 4) is 11.4 Å². The number of carbonyl (C=O) groups is 1. The molecule has 0 aliphatic heterocycles. The summed E-state index contributed by atoms with van der Waals surface area (Å²) >= 11 is 0. The van der Waals surface area contributed by atoms with E-state index in [1.807, 2.05) is 6.92 Å². The van der Waals surface area contributed by atoms with Crippen LogP contribution in [0, 0.1) is 0 Å². The Morgan fingerprint density at radius 3 is 2.52 bits per heavy atom. The summed E-state index contributed by atoms with van der Waals surface area (Å²) in [6, 6.07) is 6.81. The van der Waals surface area contributed by atoms with Gasteiger partial charge in [0.25, 0.3) is 0 Å². The minimum atomic E-state index is -4.66. The van der Waals surface area contributed by atoms with Crippen LogP contribution in [0.5, 0.6) is 0 Å². The highest BCUT2D eigenvalue weighted by Gasteiger charge is 2.38. The van der Waals surface area contributed by atoms with Gasteiger partial charge in [-0.1, -0.05) is 29.4 Å². The first kappa shape index (κ1) is 17.2. The molecule has 3 rings (SSSR count). The second-order valence-corrected chi connectivity index (χ2v) is 5.79. The molecule has 6 nitrogen and oxygen atoms in total. The van der Waals surface area contributed by atoms with Crippen LogP contribution in [0.25, 0.3) is 11.4 Å². The maximum absolute atomic E-state index is 12.5. The predicted molar refractivity (Wildman–Crippen MR) is 82.4 cm³/mol. The average molecular weight is 354 g/mol. The van der Waals surface area contributed by atoms with Crippen molar-refractivity contribution in [2.24, 2.45) is 0 Å². The molecule has 1 aromatic carbocycles. The quantitative estimate of drug-likeness (QED) is 0.893. The summed E-state index contributed by atoms with van der Waals surface area (Å²) in [6.45, 7) is 2.93. The molecule has 1 saturated carbocycles. The molecule has 1 aromatic heterocycles. The van der Waals surface area contributed by atoms with Gasteiger partial charge in [0.1, 0.15) is 0 Å². The molecule has 1 aliphatic carbocycles. The van der Waals surface area contributed by atoms with Gasteiger partial charge in [-0.15, -0.1) is 0 Å². The smallest absolute Gasteiger partial charge is 0.334 e. The Hall–Kier alpha value is -2.58. The molecule has 134 valence electrons. The van der Waals surface area contributed by atoms with E-state index in [0.717, 1.165) is 18.4 Å². The molecule has 0 atom stereocenters. The van der Waals surface area contributed by atoms with Gasteiger partial charge in [-0.05, 0) is 25.3 Å². The maximum Gasteiger partial charge on any atom is 0.471 e. The number of urea groups is 1. The van der Waals surface area contributed by atoms with Gasteiger partial charge in [0, 0.05) is 24.7 Å². The van der Waals surface area contributed by atoms with Gasteiger partial charge in [0.15, 0.2) is 0 Å². The zero-order valence-corrected chi connectivity index (χ0v) is 13.5. The molecule has 2 amide bonds. The first-order valence-corrected chi connectivity index (χ1v) is 7.93. The summed E-state index contributed by atoms with van der Waals surface area (Å²) in [7, 11) is 0. The van der Waals surface area contributed by atoms with Crippen LogP contribution in [0.1, 0.15) is 31.2 Å². The zero-order valence-electron chi connectivity index (χ0n) is 13.5. The number of amides is 2. The Morgan fingerprint density at radius 1 is 1.32 bits per heavy atom. The summed E-state index contributed by atoms with van der Waals surface area (Å²) in [4.78, 5) is 17.2. The van der Waals surface area contributed by atoms with Crippen molar-refractivity contribution in [3.05, 3.63) is 35.7 Å². The van der Waals surface area contributed by atoms with Crippen LogP contribution in [0.15, 0.2) is 28.8 Å². The van der Waals surface area contributed by atoms with Crippen LogP contribution >= 0.6 is 0 Å². The largest absolute Gasteiger partial charge is 0.471 e. The highest BCUT2D eigenvalue weighted by Crippen LogP contribution is 2.29.